The number of aromatic nitrogens is 1. The lowest BCUT2D eigenvalue weighted by atomic mass is 10.0. The van der Waals surface area contributed by atoms with Gasteiger partial charge in [0.1, 0.15) is 17.6 Å². The molecule has 5 nitrogen and oxygen atoms in total. The second kappa shape index (κ2) is 10.7. The van der Waals surface area contributed by atoms with Crippen molar-refractivity contribution in [2.45, 2.75) is 18.5 Å². The summed E-state index contributed by atoms with van der Waals surface area (Å²) in [4.78, 5) is 6.77. The number of halogens is 2. The molecule has 1 aliphatic heterocycles. The van der Waals surface area contributed by atoms with Crippen molar-refractivity contribution in [3.05, 3.63) is 107 Å². The van der Waals surface area contributed by atoms with Gasteiger partial charge in [-0.3, -0.25) is 4.98 Å². The van der Waals surface area contributed by atoms with Crippen molar-refractivity contribution in [3.8, 4) is 11.3 Å². The van der Waals surface area contributed by atoms with Crippen LogP contribution in [-0.4, -0.2) is 28.1 Å². The average molecular weight is 523 g/mol. The van der Waals surface area contributed by atoms with E-state index in [9.17, 15) is 0 Å². The van der Waals surface area contributed by atoms with E-state index in [-0.39, 0.29) is 12.1 Å². The van der Waals surface area contributed by atoms with Crippen molar-refractivity contribution in [1.82, 2.24) is 15.2 Å². The number of thiocarbonyl (C=S) groups is 1. The third-order valence-electron chi connectivity index (χ3n) is 6.01. The molecule has 3 heterocycles. The Bertz CT molecular complexity index is 1300. The van der Waals surface area contributed by atoms with Crippen LogP contribution in [0.15, 0.2) is 89.5 Å². The fourth-order valence-corrected chi connectivity index (χ4v) is 5.07. The number of rotatable bonds is 8. The SMILES string of the molecule is S=C1NC(c2ccccn2)C(c2ccc(-c3cccc(Cl)c3Cl)o2)N1CCCNc1ccccc1. The third-order valence-corrected chi connectivity index (χ3v) is 7.18. The monoisotopic (exact) mass is 522 g/mol. The van der Waals surface area contributed by atoms with E-state index in [4.69, 9.17) is 39.8 Å². The summed E-state index contributed by atoms with van der Waals surface area (Å²) >= 11 is 18.5. The molecule has 0 aliphatic carbocycles. The highest BCUT2D eigenvalue weighted by Crippen LogP contribution is 2.42. The fourth-order valence-electron chi connectivity index (χ4n) is 4.34. The van der Waals surface area contributed by atoms with Gasteiger partial charge in [0.2, 0.25) is 0 Å². The first-order chi connectivity index (χ1) is 17.1. The molecule has 1 saturated heterocycles. The van der Waals surface area contributed by atoms with E-state index in [1.165, 1.54) is 0 Å². The van der Waals surface area contributed by atoms with Crippen molar-refractivity contribution < 1.29 is 4.42 Å². The first-order valence-electron chi connectivity index (χ1n) is 11.4. The number of hydrogen-bond acceptors (Lipinski definition) is 4. The molecule has 0 spiro atoms. The summed E-state index contributed by atoms with van der Waals surface area (Å²) in [5.74, 6) is 1.45. The molecule has 178 valence electrons. The van der Waals surface area contributed by atoms with Crippen LogP contribution in [0.5, 0.6) is 0 Å². The van der Waals surface area contributed by atoms with Crippen LogP contribution in [0, 0.1) is 0 Å². The Morgan fingerprint density at radius 1 is 0.971 bits per heavy atom. The molecule has 0 amide bonds. The number of anilines is 1. The maximum Gasteiger partial charge on any atom is 0.170 e. The number of furan rings is 1. The second-order valence-corrected chi connectivity index (χ2v) is 9.44. The van der Waals surface area contributed by atoms with Crippen LogP contribution in [-0.2, 0) is 0 Å². The van der Waals surface area contributed by atoms with E-state index in [1.54, 1.807) is 12.3 Å². The van der Waals surface area contributed by atoms with Gasteiger partial charge in [-0.1, -0.05) is 53.5 Å². The molecule has 2 N–H and O–H groups in total. The average Bonchev–Trinajstić information content (AvgIpc) is 3.49. The molecule has 35 heavy (non-hydrogen) atoms. The van der Waals surface area contributed by atoms with Crippen LogP contribution in [0.1, 0.15) is 30.0 Å². The van der Waals surface area contributed by atoms with Gasteiger partial charge >= 0.3 is 0 Å². The van der Waals surface area contributed by atoms with Gasteiger partial charge in [-0.25, -0.2) is 0 Å². The van der Waals surface area contributed by atoms with E-state index in [0.717, 1.165) is 42.2 Å². The smallest absolute Gasteiger partial charge is 0.170 e. The summed E-state index contributed by atoms with van der Waals surface area (Å²) < 4.78 is 6.37. The lowest BCUT2D eigenvalue weighted by Gasteiger charge is -2.26. The summed E-state index contributed by atoms with van der Waals surface area (Å²) in [7, 11) is 0. The summed E-state index contributed by atoms with van der Waals surface area (Å²) in [6, 6.07) is 25.2. The number of hydrogen-bond donors (Lipinski definition) is 2. The Hall–Kier alpha value is -3.06. The zero-order chi connectivity index (χ0) is 24.2. The predicted molar refractivity (Wildman–Crippen MR) is 146 cm³/mol. The standard InChI is InChI=1S/C27H24Cl2N4OS/c28-20-11-6-10-19(24(20)29)22-13-14-23(34-22)26-25(21-12-4-5-15-31-21)32-27(35)33(26)17-7-16-30-18-8-2-1-3-9-18/h1-6,8-15,25-26,30H,7,16-17H2,(H,32,35). The van der Waals surface area contributed by atoms with Gasteiger partial charge in [0.15, 0.2) is 5.11 Å². The van der Waals surface area contributed by atoms with Crippen LogP contribution in [0.4, 0.5) is 5.69 Å². The van der Waals surface area contributed by atoms with Gasteiger partial charge in [0.25, 0.3) is 0 Å². The normalized spacial score (nSPS) is 17.4. The molecule has 5 rings (SSSR count). The lowest BCUT2D eigenvalue weighted by molar-refractivity contribution is 0.274. The highest BCUT2D eigenvalue weighted by Gasteiger charge is 2.41. The third kappa shape index (κ3) is 5.15. The Balaban J connectivity index is 1.40. The number of nitrogens with zero attached hydrogens (tertiary/aromatic N) is 2. The van der Waals surface area contributed by atoms with Crippen LogP contribution >= 0.6 is 35.4 Å². The Morgan fingerprint density at radius 2 is 1.80 bits per heavy atom. The lowest BCUT2D eigenvalue weighted by Crippen LogP contribution is -2.31. The molecular weight excluding hydrogens is 499 g/mol. The van der Waals surface area contributed by atoms with E-state index in [0.29, 0.717) is 20.9 Å². The minimum atomic E-state index is -0.152. The molecule has 2 aromatic carbocycles. The zero-order valence-electron chi connectivity index (χ0n) is 18.8. The van der Waals surface area contributed by atoms with E-state index in [1.807, 2.05) is 60.7 Å². The zero-order valence-corrected chi connectivity index (χ0v) is 21.2. The number of nitrogens with one attached hydrogen (secondary N) is 2. The molecule has 4 aromatic rings. The number of pyridine rings is 1. The molecule has 1 fully saturated rings. The van der Waals surface area contributed by atoms with E-state index in [2.05, 4.69) is 32.7 Å². The molecule has 8 heteroatoms. The topological polar surface area (TPSA) is 53.3 Å². The van der Waals surface area contributed by atoms with E-state index >= 15 is 0 Å². The Morgan fingerprint density at radius 3 is 2.60 bits per heavy atom. The minimum absolute atomic E-state index is 0.139. The Kier molecular flexibility index (Phi) is 7.23. The van der Waals surface area contributed by atoms with Gasteiger partial charge in [-0.15, -0.1) is 0 Å². The second-order valence-electron chi connectivity index (χ2n) is 8.27. The summed E-state index contributed by atoms with van der Waals surface area (Å²) in [5, 5.41) is 8.58. The quantitative estimate of drug-likeness (QED) is 0.189. The molecule has 0 saturated carbocycles. The predicted octanol–water partition coefficient (Wildman–Crippen LogP) is 7.12. The molecular formula is C27H24Cl2N4OS. The van der Waals surface area contributed by atoms with E-state index < -0.39 is 0 Å². The van der Waals surface area contributed by atoms with Crippen LogP contribution in [0.2, 0.25) is 10.0 Å². The van der Waals surface area contributed by atoms with Crippen LogP contribution < -0.4 is 10.6 Å². The fraction of sp³-hybridized carbons (Fsp3) is 0.185. The van der Waals surface area contributed by atoms with Crippen LogP contribution in [0.25, 0.3) is 11.3 Å². The first-order valence-corrected chi connectivity index (χ1v) is 12.6. The van der Waals surface area contributed by atoms with Crippen molar-refractivity contribution in [2.75, 3.05) is 18.4 Å². The Labute approximate surface area is 220 Å². The highest BCUT2D eigenvalue weighted by molar-refractivity contribution is 7.80. The summed E-state index contributed by atoms with van der Waals surface area (Å²) in [5.41, 5.74) is 2.77. The van der Waals surface area contributed by atoms with Crippen molar-refractivity contribution in [1.29, 1.82) is 0 Å². The molecule has 2 unspecified atom stereocenters. The first kappa shape index (κ1) is 23.7. The van der Waals surface area contributed by atoms with Gasteiger partial charge in [0, 0.05) is 30.5 Å². The summed E-state index contributed by atoms with van der Waals surface area (Å²) in [6.45, 7) is 1.58. The maximum atomic E-state index is 6.46. The molecule has 1 aliphatic rings. The largest absolute Gasteiger partial charge is 0.459 e. The van der Waals surface area contributed by atoms with Crippen molar-refractivity contribution >= 4 is 46.2 Å². The number of para-hydroxylation sites is 1. The van der Waals surface area contributed by atoms with Crippen molar-refractivity contribution in [2.24, 2.45) is 0 Å². The van der Waals surface area contributed by atoms with Gasteiger partial charge in [-0.2, -0.15) is 0 Å². The summed E-state index contributed by atoms with van der Waals surface area (Å²) in [6.07, 6.45) is 2.69. The molecule has 0 radical (unpaired) electrons. The number of benzene rings is 2. The van der Waals surface area contributed by atoms with Gasteiger partial charge in [0.05, 0.1) is 21.8 Å². The maximum absolute atomic E-state index is 6.46. The van der Waals surface area contributed by atoms with Crippen molar-refractivity contribution in [3.63, 3.8) is 0 Å². The van der Waals surface area contributed by atoms with Crippen LogP contribution in [0.3, 0.4) is 0 Å². The minimum Gasteiger partial charge on any atom is -0.459 e. The van der Waals surface area contributed by atoms with Gasteiger partial charge in [-0.05, 0) is 67.2 Å². The molecule has 2 aromatic heterocycles. The van der Waals surface area contributed by atoms with Gasteiger partial charge < -0.3 is 20.0 Å². The molecule has 0 bridgehead atoms. The molecule has 2 atom stereocenters. The highest BCUT2D eigenvalue weighted by atomic mass is 35.5.